The zero-order valence-electron chi connectivity index (χ0n) is 64.1. The number of hydrogen-bond donors (Lipinski definition) is 3. The largest absolute Gasteiger partial charge is 0.472 e. The van der Waals surface area contributed by atoms with E-state index >= 15 is 0 Å². The SMILES string of the molecule is CCCCCCCCCCCCCCCCCCCCCC(=O)OC[C@H](COP(=O)(O)OC[C@@H](O)COP(=O)(O)OC[C@@H](COC(=O)CCCCCCCCCC)OC(=O)CCCCCCCCCCCC(C)C)OC(=O)CCCCCCCCCCCCCCCCCCC(C)C. The molecule has 0 aromatic carbocycles. The molecule has 3 N–H and O–H groups in total. The van der Waals surface area contributed by atoms with Gasteiger partial charge in [0.15, 0.2) is 12.2 Å². The van der Waals surface area contributed by atoms with Gasteiger partial charge in [0, 0.05) is 25.7 Å². The van der Waals surface area contributed by atoms with Crippen LogP contribution in [0.15, 0.2) is 0 Å². The molecule has 0 aliphatic heterocycles. The minimum atomic E-state index is -4.96. The van der Waals surface area contributed by atoms with Gasteiger partial charge in [-0.15, -0.1) is 0 Å². The lowest BCUT2D eigenvalue weighted by Crippen LogP contribution is -2.30. The summed E-state index contributed by atoms with van der Waals surface area (Å²) in [6.45, 7) is 9.60. The molecule has 0 bridgehead atoms. The fourth-order valence-corrected chi connectivity index (χ4v) is 13.8. The Bertz CT molecular complexity index is 1890. The lowest BCUT2D eigenvalue weighted by Gasteiger charge is -2.21. The summed E-state index contributed by atoms with van der Waals surface area (Å²) in [4.78, 5) is 72.8. The molecule has 0 heterocycles. The number of phosphoric acid groups is 2. The average molecular weight is 1440 g/mol. The molecular weight excluding hydrogens is 1280 g/mol. The summed E-state index contributed by atoms with van der Waals surface area (Å²) in [7, 11) is -9.91. The summed E-state index contributed by atoms with van der Waals surface area (Å²) in [6, 6.07) is 0. The Morgan fingerprint density at radius 2 is 0.469 bits per heavy atom. The summed E-state index contributed by atoms with van der Waals surface area (Å²) >= 11 is 0. The zero-order valence-corrected chi connectivity index (χ0v) is 65.9. The maximum absolute atomic E-state index is 13.1. The van der Waals surface area contributed by atoms with Crippen molar-refractivity contribution in [1.82, 2.24) is 0 Å². The van der Waals surface area contributed by atoms with Gasteiger partial charge in [-0.3, -0.25) is 37.3 Å². The van der Waals surface area contributed by atoms with Crippen LogP contribution in [0.2, 0.25) is 0 Å². The lowest BCUT2D eigenvalue weighted by atomic mass is 10.0. The van der Waals surface area contributed by atoms with Gasteiger partial charge in [-0.1, -0.05) is 363 Å². The normalized spacial score (nSPS) is 13.9. The molecule has 0 saturated carbocycles. The van der Waals surface area contributed by atoms with Crippen LogP contribution in [0.4, 0.5) is 0 Å². The van der Waals surface area contributed by atoms with Crippen molar-refractivity contribution in [3.8, 4) is 0 Å². The van der Waals surface area contributed by atoms with Crippen LogP contribution in [0.25, 0.3) is 0 Å². The van der Waals surface area contributed by atoms with Crippen molar-refractivity contribution in [2.24, 2.45) is 11.8 Å². The molecule has 0 aromatic heterocycles. The van der Waals surface area contributed by atoms with Gasteiger partial charge < -0.3 is 33.8 Å². The van der Waals surface area contributed by atoms with Crippen LogP contribution in [0.1, 0.15) is 414 Å². The van der Waals surface area contributed by atoms with E-state index in [0.29, 0.717) is 25.7 Å². The Morgan fingerprint density at radius 3 is 0.694 bits per heavy atom. The highest BCUT2D eigenvalue weighted by Gasteiger charge is 2.30. The first kappa shape index (κ1) is 96.1. The molecule has 0 saturated heterocycles. The second kappa shape index (κ2) is 70.7. The zero-order chi connectivity index (χ0) is 72.1. The standard InChI is InChI=1S/C79H154O17P2/c1-7-9-11-13-15-17-18-19-20-21-22-23-27-30-33-38-44-50-56-62-77(82)90-68-75(95-78(83)63-57-51-45-39-34-31-28-25-24-26-29-32-36-41-47-53-59-71(3)4)70-94-98(87,88)92-66-73(80)65-91-97(85,86)93-69-74(67-89-76(81)61-55-49-43-16-14-12-10-8-2)96-79(84)64-58-52-46-40-35-37-42-48-54-60-72(5)6/h71-75,80H,7-70H2,1-6H3,(H,85,86)(H,87,88)/t73-,74+,75+/m0/s1. The molecule has 98 heavy (non-hydrogen) atoms. The number of phosphoric ester groups is 2. The predicted octanol–water partition coefficient (Wildman–Crippen LogP) is 23.5. The number of aliphatic hydroxyl groups excluding tert-OH is 1. The van der Waals surface area contributed by atoms with Crippen LogP contribution in [0.3, 0.4) is 0 Å². The van der Waals surface area contributed by atoms with Crippen molar-refractivity contribution in [3.63, 3.8) is 0 Å². The van der Waals surface area contributed by atoms with Gasteiger partial charge in [-0.2, -0.15) is 0 Å². The molecule has 17 nitrogen and oxygen atoms in total. The molecule has 2 unspecified atom stereocenters. The second-order valence-corrected chi connectivity index (χ2v) is 32.3. The quantitative estimate of drug-likeness (QED) is 0.0222. The van der Waals surface area contributed by atoms with E-state index in [1.54, 1.807) is 0 Å². The molecule has 582 valence electrons. The minimum Gasteiger partial charge on any atom is -0.462 e. The third-order valence-corrected chi connectivity index (χ3v) is 20.4. The molecule has 0 radical (unpaired) electrons. The maximum Gasteiger partial charge on any atom is 0.472 e. The number of rotatable bonds is 78. The number of carbonyl (C=O) groups is 4. The minimum absolute atomic E-state index is 0.105. The lowest BCUT2D eigenvalue weighted by molar-refractivity contribution is -0.161. The smallest absolute Gasteiger partial charge is 0.462 e. The van der Waals surface area contributed by atoms with E-state index in [9.17, 15) is 43.2 Å². The van der Waals surface area contributed by atoms with Gasteiger partial charge in [0.05, 0.1) is 26.4 Å². The Balaban J connectivity index is 5.19. The van der Waals surface area contributed by atoms with Gasteiger partial charge in [-0.25, -0.2) is 9.13 Å². The van der Waals surface area contributed by atoms with Gasteiger partial charge in [0.1, 0.15) is 19.3 Å². The van der Waals surface area contributed by atoms with Crippen LogP contribution in [-0.2, 0) is 65.4 Å². The fraction of sp³-hybridized carbons (Fsp3) is 0.949. The molecule has 5 atom stereocenters. The summed E-state index contributed by atoms with van der Waals surface area (Å²) in [5.41, 5.74) is 0. The first-order chi connectivity index (χ1) is 47.4. The molecule has 0 spiro atoms. The van der Waals surface area contributed by atoms with E-state index in [4.69, 9.17) is 37.0 Å². The third kappa shape index (κ3) is 72.4. The molecule has 0 fully saturated rings. The summed E-state index contributed by atoms with van der Waals surface area (Å²) in [5.74, 6) is -0.569. The molecule has 0 aliphatic rings. The summed E-state index contributed by atoms with van der Waals surface area (Å²) in [6.07, 6.45) is 59.8. The fourth-order valence-electron chi connectivity index (χ4n) is 12.2. The van der Waals surface area contributed by atoms with E-state index in [0.717, 1.165) is 108 Å². The number of ether oxygens (including phenoxy) is 4. The maximum atomic E-state index is 13.1. The van der Waals surface area contributed by atoms with E-state index in [1.165, 1.54) is 225 Å². The van der Waals surface area contributed by atoms with E-state index in [1.807, 2.05) is 0 Å². The van der Waals surface area contributed by atoms with E-state index < -0.39 is 97.5 Å². The van der Waals surface area contributed by atoms with Crippen molar-refractivity contribution in [3.05, 3.63) is 0 Å². The van der Waals surface area contributed by atoms with Crippen LogP contribution in [0.5, 0.6) is 0 Å². The van der Waals surface area contributed by atoms with Crippen LogP contribution < -0.4 is 0 Å². The van der Waals surface area contributed by atoms with E-state index in [2.05, 4.69) is 41.5 Å². The molecule has 0 amide bonds. The molecule has 0 rings (SSSR count). The van der Waals surface area contributed by atoms with Gasteiger partial charge in [0.2, 0.25) is 0 Å². The highest BCUT2D eigenvalue weighted by Crippen LogP contribution is 2.45. The second-order valence-electron chi connectivity index (χ2n) is 29.4. The summed E-state index contributed by atoms with van der Waals surface area (Å²) < 4.78 is 68.5. The number of aliphatic hydroxyl groups is 1. The van der Waals surface area contributed by atoms with Gasteiger partial charge in [0.25, 0.3) is 0 Å². The first-order valence-corrected chi connectivity index (χ1v) is 44.0. The molecular formula is C79H154O17P2. The van der Waals surface area contributed by atoms with Crippen molar-refractivity contribution in [2.45, 2.75) is 432 Å². The highest BCUT2D eigenvalue weighted by molar-refractivity contribution is 7.47. The number of esters is 4. The first-order valence-electron chi connectivity index (χ1n) is 41.0. The predicted molar refractivity (Wildman–Crippen MR) is 400 cm³/mol. The van der Waals surface area contributed by atoms with Gasteiger partial charge >= 0.3 is 39.5 Å². The highest BCUT2D eigenvalue weighted by atomic mass is 31.2. The monoisotopic (exact) mass is 1440 g/mol. The van der Waals surface area contributed by atoms with Crippen molar-refractivity contribution >= 4 is 39.5 Å². The van der Waals surface area contributed by atoms with Gasteiger partial charge in [-0.05, 0) is 37.5 Å². The topological polar surface area (TPSA) is 237 Å². The summed E-state index contributed by atoms with van der Waals surface area (Å²) in [5, 5.41) is 10.6. The molecule has 0 aromatic rings. The number of unbranched alkanes of at least 4 members (excludes halogenated alkanes) is 48. The Kier molecular flexibility index (Phi) is 69.3. The van der Waals surface area contributed by atoms with Crippen molar-refractivity contribution < 1.29 is 80.2 Å². The Labute approximate surface area is 600 Å². The van der Waals surface area contributed by atoms with Crippen molar-refractivity contribution in [1.29, 1.82) is 0 Å². The van der Waals surface area contributed by atoms with Crippen LogP contribution in [0, 0.1) is 11.8 Å². The number of carbonyl (C=O) groups excluding carboxylic acids is 4. The molecule has 0 aliphatic carbocycles. The van der Waals surface area contributed by atoms with E-state index in [-0.39, 0.29) is 25.7 Å². The number of hydrogen-bond acceptors (Lipinski definition) is 15. The Hall–Kier alpha value is -1.94. The molecule has 19 heteroatoms. The Morgan fingerprint density at radius 1 is 0.276 bits per heavy atom. The van der Waals surface area contributed by atoms with Crippen LogP contribution >= 0.6 is 15.6 Å². The van der Waals surface area contributed by atoms with Crippen molar-refractivity contribution in [2.75, 3.05) is 39.6 Å². The van der Waals surface area contributed by atoms with Crippen LogP contribution in [-0.4, -0.2) is 96.7 Å². The average Bonchev–Trinajstić information content (AvgIpc) is 1.49. The third-order valence-electron chi connectivity index (χ3n) is 18.5.